The molecule has 0 bridgehead atoms. The molecule has 9 nitrogen and oxygen atoms in total. The number of nitrogens with zero attached hydrogens (tertiary/aromatic N) is 1. The summed E-state index contributed by atoms with van der Waals surface area (Å²) in [6.07, 6.45) is 2.84. The first-order chi connectivity index (χ1) is 15.9. The van der Waals surface area contributed by atoms with E-state index >= 15 is 0 Å². The van der Waals surface area contributed by atoms with E-state index in [-0.39, 0.29) is 19.1 Å². The molecule has 3 N–H and O–H groups in total. The van der Waals surface area contributed by atoms with Gasteiger partial charge in [-0.05, 0) is 66.6 Å². The van der Waals surface area contributed by atoms with Gasteiger partial charge in [-0.25, -0.2) is 5.43 Å². The van der Waals surface area contributed by atoms with Crippen LogP contribution in [0.4, 0.5) is 5.69 Å². The quantitative estimate of drug-likeness (QED) is 0.266. The number of benzene rings is 2. The van der Waals surface area contributed by atoms with E-state index in [9.17, 15) is 14.4 Å². The Kier molecular flexibility index (Phi) is 8.20. The van der Waals surface area contributed by atoms with Gasteiger partial charge in [0, 0.05) is 10.7 Å². The van der Waals surface area contributed by atoms with Gasteiger partial charge >= 0.3 is 11.8 Å². The van der Waals surface area contributed by atoms with Crippen molar-refractivity contribution in [1.82, 2.24) is 10.7 Å². The highest BCUT2D eigenvalue weighted by atomic mass is 35.5. The van der Waals surface area contributed by atoms with Gasteiger partial charge in [-0.3, -0.25) is 14.4 Å². The standard InChI is InChI=1S/C23H21ClN4O5/c1-15-19(24)5-2-6-20(15)27-21(29)14-33-17-9-7-16(8-10-17)12-26-28-23(31)22(30)25-13-18-4-3-11-32-18/h2-12H,13-14H2,1H3,(H,25,30)(H,27,29)(H,28,31)/b26-12-. The van der Waals surface area contributed by atoms with Crippen LogP contribution >= 0.6 is 11.6 Å². The fraction of sp³-hybridized carbons (Fsp3) is 0.130. The van der Waals surface area contributed by atoms with Gasteiger partial charge in [-0.1, -0.05) is 17.7 Å². The minimum Gasteiger partial charge on any atom is -0.484 e. The second-order valence-electron chi connectivity index (χ2n) is 6.78. The summed E-state index contributed by atoms with van der Waals surface area (Å²) >= 11 is 6.05. The van der Waals surface area contributed by atoms with E-state index in [1.807, 2.05) is 6.92 Å². The largest absolute Gasteiger partial charge is 0.484 e. The third-order valence-corrected chi connectivity index (χ3v) is 4.79. The van der Waals surface area contributed by atoms with Crippen LogP contribution in [0, 0.1) is 6.92 Å². The van der Waals surface area contributed by atoms with Crippen LogP contribution in [0.25, 0.3) is 0 Å². The maximum Gasteiger partial charge on any atom is 0.329 e. The van der Waals surface area contributed by atoms with Crippen molar-refractivity contribution in [3.63, 3.8) is 0 Å². The zero-order valence-corrected chi connectivity index (χ0v) is 18.4. The number of halogens is 1. The van der Waals surface area contributed by atoms with Crippen LogP contribution < -0.4 is 20.8 Å². The van der Waals surface area contributed by atoms with Crippen LogP contribution in [0.3, 0.4) is 0 Å². The van der Waals surface area contributed by atoms with Gasteiger partial charge in [0.2, 0.25) is 0 Å². The van der Waals surface area contributed by atoms with Crippen LogP contribution in [0.2, 0.25) is 5.02 Å². The maximum atomic E-state index is 12.1. The molecule has 33 heavy (non-hydrogen) atoms. The number of rotatable bonds is 8. The molecule has 1 aromatic heterocycles. The molecule has 3 rings (SSSR count). The topological polar surface area (TPSA) is 122 Å². The predicted molar refractivity (Wildman–Crippen MR) is 123 cm³/mol. The summed E-state index contributed by atoms with van der Waals surface area (Å²) in [7, 11) is 0. The average Bonchev–Trinajstić information content (AvgIpc) is 3.33. The first-order valence-corrected chi connectivity index (χ1v) is 10.2. The normalized spacial score (nSPS) is 10.6. The van der Waals surface area contributed by atoms with Gasteiger partial charge in [-0.2, -0.15) is 5.10 Å². The van der Waals surface area contributed by atoms with Crippen LogP contribution in [0.5, 0.6) is 5.75 Å². The smallest absolute Gasteiger partial charge is 0.329 e. The zero-order valence-electron chi connectivity index (χ0n) is 17.6. The number of carbonyl (C=O) groups is 3. The Labute approximate surface area is 194 Å². The molecule has 0 aliphatic rings. The molecule has 170 valence electrons. The van der Waals surface area contributed by atoms with Crippen molar-refractivity contribution < 1.29 is 23.5 Å². The highest BCUT2D eigenvalue weighted by Gasteiger charge is 2.12. The fourth-order valence-electron chi connectivity index (χ4n) is 2.61. The Morgan fingerprint density at radius 3 is 2.58 bits per heavy atom. The molecular formula is C23H21ClN4O5. The Bertz CT molecular complexity index is 1140. The van der Waals surface area contributed by atoms with E-state index in [0.717, 1.165) is 5.56 Å². The summed E-state index contributed by atoms with van der Waals surface area (Å²) in [5.41, 5.74) is 4.19. The molecule has 0 saturated carbocycles. The molecular weight excluding hydrogens is 448 g/mol. The van der Waals surface area contributed by atoms with Crippen molar-refractivity contribution in [2.75, 3.05) is 11.9 Å². The third-order valence-electron chi connectivity index (χ3n) is 4.38. The molecule has 0 spiro atoms. The van der Waals surface area contributed by atoms with Crippen molar-refractivity contribution in [2.24, 2.45) is 5.10 Å². The number of amides is 3. The van der Waals surface area contributed by atoms with Crippen molar-refractivity contribution in [3.8, 4) is 5.75 Å². The van der Waals surface area contributed by atoms with Crippen molar-refractivity contribution in [3.05, 3.63) is 82.8 Å². The fourth-order valence-corrected chi connectivity index (χ4v) is 2.78. The summed E-state index contributed by atoms with van der Waals surface area (Å²) in [4.78, 5) is 35.6. The first-order valence-electron chi connectivity index (χ1n) is 9.84. The summed E-state index contributed by atoms with van der Waals surface area (Å²) < 4.78 is 10.5. The Morgan fingerprint density at radius 1 is 1.06 bits per heavy atom. The van der Waals surface area contributed by atoms with Gasteiger partial charge in [0.1, 0.15) is 11.5 Å². The maximum absolute atomic E-state index is 12.1. The highest BCUT2D eigenvalue weighted by Crippen LogP contribution is 2.22. The number of anilines is 1. The number of ether oxygens (including phenoxy) is 1. The molecule has 0 radical (unpaired) electrons. The van der Waals surface area contributed by atoms with E-state index < -0.39 is 11.8 Å². The lowest BCUT2D eigenvalue weighted by molar-refractivity contribution is -0.139. The van der Waals surface area contributed by atoms with E-state index in [1.165, 1.54) is 12.5 Å². The molecule has 1 heterocycles. The zero-order chi connectivity index (χ0) is 23.6. The van der Waals surface area contributed by atoms with Crippen LogP contribution in [0.1, 0.15) is 16.9 Å². The summed E-state index contributed by atoms with van der Waals surface area (Å²) in [6.45, 7) is 1.73. The van der Waals surface area contributed by atoms with Crippen LogP contribution in [-0.4, -0.2) is 30.5 Å². The lowest BCUT2D eigenvalue weighted by Crippen LogP contribution is -2.37. The van der Waals surface area contributed by atoms with Crippen molar-refractivity contribution >= 4 is 41.2 Å². The number of furan rings is 1. The first kappa shape index (κ1) is 23.6. The molecule has 10 heteroatoms. The highest BCUT2D eigenvalue weighted by molar-refractivity contribution is 6.35. The SMILES string of the molecule is Cc1c(Cl)cccc1NC(=O)COc1ccc(/C=N\NC(=O)C(=O)NCc2ccco2)cc1. The Hall–Kier alpha value is -4.11. The molecule has 2 aromatic carbocycles. The van der Waals surface area contributed by atoms with E-state index in [4.69, 9.17) is 20.8 Å². The molecule has 0 atom stereocenters. The lowest BCUT2D eigenvalue weighted by atomic mass is 10.2. The third kappa shape index (κ3) is 7.22. The number of hydrogen-bond donors (Lipinski definition) is 3. The molecule has 0 unspecified atom stereocenters. The van der Waals surface area contributed by atoms with E-state index in [2.05, 4.69) is 21.2 Å². The minimum absolute atomic E-state index is 0.0984. The lowest BCUT2D eigenvalue weighted by Gasteiger charge is -2.10. The van der Waals surface area contributed by atoms with Crippen LogP contribution in [0.15, 0.2) is 70.4 Å². The van der Waals surface area contributed by atoms with Crippen molar-refractivity contribution in [1.29, 1.82) is 0 Å². The molecule has 0 aliphatic carbocycles. The summed E-state index contributed by atoms with van der Waals surface area (Å²) in [6, 6.07) is 15.3. The van der Waals surface area contributed by atoms with Gasteiger partial charge in [0.05, 0.1) is 19.0 Å². The molecule has 3 amide bonds. The second kappa shape index (κ2) is 11.5. The molecule has 0 aliphatic heterocycles. The summed E-state index contributed by atoms with van der Waals surface area (Å²) in [5, 5.41) is 9.48. The van der Waals surface area contributed by atoms with Gasteiger partial charge in [-0.15, -0.1) is 0 Å². The monoisotopic (exact) mass is 468 g/mol. The number of carbonyl (C=O) groups excluding carboxylic acids is 3. The molecule has 0 saturated heterocycles. The van der Waals surface area contributed by atoms with E-state index in [1.54, 1.807) is 54.6 Å². The minimum atomic E-state index is -0.904. The van der Waals surface area contributed by atoms with Gasteiger partial charge < -0.3 is 19.8 Å². The average molecular weight is 469 g/mol. The number of hydrogen-bond acceptors (Lipinski definition) is 6. The molecule has 3 aromatic rings. The molecule has 0 fully saturated rings. The summed E-state index contributed by atoms with van der Waals surface area (Å²) in [5.74, 6) is -1.05. The Morgan fingerprint density at radius 2 is 1.85 bits per heavy atom. The van der Waals surface area contributed by atoms with Gasteiger partial charge in [0.25, 0.3) is 5.91 Å². The second-order valence-corrected chi connectivity index (χ2v) is 7.19. The van der Waals surface area contributed by atoms with E-state index in [0.29, 0.717) is 27.8 Å². The van der Waals surface area contributed by atoms with Gasteiger partial charge in [0.15, 0.2) is 6.61 Å². The number of hydrazone groups is 1. The van der Waals surface area contributed by atoms with Crippen molar-refractivity contribution in [2.45, 2.75) is 13.5 Å². The Balaban J connectivity index is 1.41. The van der Waals surface area contributed by atoms with Crippen LogP contribution in [-0.2, 0) is 20.9 Å². The predicted octanol–water partition coefficient (Wildman–Crippen LogP) is 3.03. The number of nitrogens with one attached hydrogen (secondary N) is 3.